The Morgan fingerprint density at radius 3 is 2.81 bits per heavy atom. The maximum absolute atomic E-state index is 9.49. The van der Waals surface area contributed by atoms with Gasteiger partial charge in [-0.05, 0) is 65.2 Å². The van der Waals surface area contributed by atoms with Crippen LogP contribution in [0, 0.1) is 5.92 Å². The van der Waals surface area contributed by atoms with Crippen molar-refractivity contribution in [3.8, 4) is 5.75 Å². The minimum absolute atomic E-state index is 0.0771. The van der Waals surface area contributed by atoms with Crippen LogP contribution in [-0.2, 0) is 6.42 Å². The number of rotatable bonds is 3. The quantitative estimate of drug-likeness (QED) is 0.924. The lowest BCUT2D eigenvalue weighted by molar-refractivity contribution is 0.177. The van der Waals surface area contributed by atoms with Gasteiger partial charge in [0.25, 0.3) is 0 Å². The first-order valence-electron chi connectivity index (χ1n) is 5.69. The predicted molar refractivity (Wildman–Crippen MR) is 67.7 cm³/mol. The van der Waals surface area contributed by atoms with Crippen LogP contribution in [0.25, 0.3) is 0 Å². The molecule has 0 spiro atoms. The van der Waals surface area contributed by atoms with E-state index in [2.05, 4.69) is 28.1 Å². The maximum Gasteiger partial charge on any atom is 0.133 e. The van der Waals surface area contributed by atoms with Crippen molar-refractivity contribution >= 4 is 15.9 Å². The first kappa shape index (κ1) is 11.9. The van der Waals surface area contributed by atoms with Gasteiger partial charge in [0.15, 0.2) is 0 Å². The first-order valence-corrected chi connectivity index (χ1v) is 6.49. The molecule has 0 radical (unpaired) electrons. The molecule has 1 fully saturated rings. The van der Waals surface area contributed by atoms with Gasteiger partial charge in [0.05, 0.1) is 17.7 Å². The smallest absolute Gasteiger partial charge is 0.133 e. The van der Waals surface area contributed by atoms with Crippen LogP contribution in [0.1, 0.15) is 24.8 Å². The Hall–Kier alpha value is -0.540. The minimum atomic E-state index is -0.0771. The molecule has 1 aromatic carbocycles. The van der Waals surface area contributed by atoms with Crippen molar-refractivity contribution in [3.63, 3.8) is 0 Å². The first-order chi connectivity index (χ1) is 7.69. The van der Waals surface area contributed by atoms with Crippen LogP contribution < -0.4 is 4.74 Å². The number of halogens is 1. The van der Waals surface area contributed by atoms with E-state index in [9.17, 15) is 5.11 Å². The van der Waals surface area contributed by atoms with Crippen molar-refractivity contribution < 1.29 is 9.84 Å². The fourth-order valence-electron chi connectivity index (χ4n) is 2.40. The van der Waals surface area contributed by atoms with Crippen molar-refractivity contribution in [2.45, 2.75) is 31.8 Å². The van der Waals surface area contributed by atoms with Crippen LogP contribution in [0.4, 0.5) is 0 Å². The fourth-order valence-corrected chi connectivity index (χ4v) is 2.99. The second-order valence-corrected chi connectivity index (χ2v) is 5.36. The maximum atomic E-state index is 9.49. The third-order valence-corrected chi connectivity index (χ3v) is 3.87. The highest BCUT2D eigenvalue weighted by molar-refractivity contribution is 9.10. The third-order valence-electron chi connectivity index (χ3n) is 3.25. The van der Waals surface area contributed by atoms with Crippen LogP contribution >= 0.6 is 15.9 Å². The topological polar surface area (TPSA) is 29.5 Å². The average Bonchev–Trinajstić information content (AvgIpc) is 2.64. The normalized spacial score (nSPS) is 24.7. The van der Waals surface area contributed by atoms with Gasteiger partial charge >= 0.3 is 0 Å². The molecule has 1 N–H and O–H groups in total. The van der Waals surface area contributed by atoms with Crippen molar-refractivity contribution in [3.05, 3.63) is 28.2 Å². The number of aliphatic hydroxyl groups is 1. The van der Waals surface area contributed by atoms with Gasteiger partial charge in [-0.1, -0.05) is 6.07 Å². The summed E-state index contributed by atoms with van der Waals surface area (Å²) >= 11 is 3.49. The van der Waals surface area contributed by atoms with Gasteiger partial charge in [0.1, 0.15) is 5.75 Å². The lowest BCUT2D eigenvalue weighted by Crippen LogP contribution is -2.03. The van der Waals surface area contributed by atoms with Crippen LogP contribution in [0.3, 0.4) is 0 Å². The van der Waals surface area contributed by atoms with Crippen molar-refractivity contribution in [2.75, 3.05) is 7.11 Å². The monoisotopic (exact) mass is 284 g/mol. The molecule has 0 bridgehead atoms. The second-order valence-electron chi connectivity index (χ2n) is 4.51. The molecular weight excluding hydrogens is 268 g/mol. The van der Waals surface area contributed by atoms with Crippen LogP contribution in [-0.4, -0.2) is 18.3 Å². The molecule has 16 heavy (non-hydrogen) atoms. The molecular formula is C13H17BrO2. The van der Waals surface area contributed by atoms with E-state index >= 15 is 0 Å². The highest BCUT2D eigenvalue weighted by Gasteiger charge is 2.22. The molecule has 2 atom stereocenters. The summed E-state index contributed by atoms with van der Waals surface area (Å²) < 4.78 is 6.21. The number of benzene rings is 1. The Kier molecular flexibility index (Phi) is 3.87. The van der Waals surface area contributed by atoms with Crippen molar-refractivity contribution in [1.29, 1.82) is 0 Å². The van der Waals surface area contributed by atoms with E-state index in [0.717, 1.165) is 35.9 Å². The van der Waals surface area contributed by atoms with Gasteiger partial charge in [0, 0.05) is 0 Å². The van der Waals surface area contributed by atoms with E-state index in [1.807, 2.05) is 6.07 Å². The molecule has 2 unspecified atom stereocenters. The fraction of sp³-hybridized carbons (Fsp3) is 0.538. The van der Waals surface area contributed by atoms with Gasteiger partial charge in [0.2, 0.25) is 0 Å². The molecule has 2 nitrogen and oxygen atoms in total. The molecule has 1 aromatic rings. The van der Waals surface area contributed by atoms with E-state index in [0.29, 0.717) is 5.92 Å². The number of aliphatic hydroxyl groups excluding tert-OH is 1. The van der Waals surface area contributed by atoms with E-state index < -0.39 is 0 Å². The second kappa shape index (κ2) is 5.19. The van der Waals surface area contributed by atoms with E-state index in [-0.39, 0.29) is 6.10 Å². The summed E-state index contributed by atoms with van der Waals surface area (Å²) in [5, 5.41) is 9.49. The van der Waals surface area contributed by atoms with Gasteiger partial charge < -0.3 is 9.84 Å². The summed E-state index contributed by atoms with van der Waals surface area (Å²) in [7, 11) is 1.67. The van der Waals surface area contributed by atoms with Gasteiger partial charge in [-0.3, -0.25) is 0 Å². The molecule has 0 amide bonds. The van der Waals surface area contributed by atoms with Crippen LogP contribution in [0.5, 0.6) is 5.75 Å². The Morgan fingerprint density at radius 2 is 2.25 bits per heavy atom. The zero-order valence-electron chi connectivity index (χ0n) is 9.45. The molecule has 88 valence electrons. The summed E-state index contributed by atoms with van der Waals surface area (Å²) in [5.74, 6) is 1.51. The molecule has 1 aliphatic carbocycles. The Morgan fingerprint density at radius 1 is 1.44 bits per heavy atom. The summed E-state index contributed by atoms with van der Waals surface area (Å²) in [5.41, 5.74) is 1.31. The predicted octanol–water partition coefficient (Wildman–Crippen LogP) is 3.16. The Bertz CT molecular complexity index is 365. The molecule has 2 rings (SSSR count). The SMILES string of the molecule is COc1ccc(CC2CCC(O)C2)cc1Br. The van der Waals surface area contributed by atoms with Crippen LogP contribution in [0.15, 0.2) is 22.7 Å². The summed E-state index contributed by atoms with van der Waals surface area (Å²) in [6, 6.07) is 6.21. The molecule has 0 aliphatic heterocycles. The lowest BCUT2D eigenvalue weighted by atomic mass is 9.98. The molecule has 1 saturated carbocycles. The number of methoxy groups -OCH3 is 1. The van der Waals surface area contributed by atoms with E-state index in [1.165, 1.54) is 5.56 Å². The van der Waals surface area contributed by atoms with E-state index in [1.54, 1.807) is 7.11 Å². The van der Waals surface area contributed by atoms with Crippen molar-refractivity contribution in [1.82, 2.24) is 0 Å². The lowest BCUT2D eigenvalue weighted by Gasteiger charge is -2.11. The molecule has 0 heterocycles. The highest BCUT2D eigenvalue weighted by Crippen LogP contribution is 2.31. The molecule has 0 saturated heterocycles. The minimum Gasteiger partial charge on any atom is -0.496 e. The summed E-state index contributed by atoms with van der Waals surface area (Å²) in [6.07, 6.45) is 4.03. The van der Waals surface area contributed by atoms with Crippen LogP contribution in [0.2, 0.25) is 0 Å². The van der Waals surface area contributed by atoms with Gasteiger partial charge in [-0.15, -0.1) is 0 Å². The highest BCUT2D eigenvalue weighted by atomic mass is 79.9. The number of hydrogen-bond acceptors (Lipinski definition) is 2. The van der Waals surface area contributed by atoms with Crippen molar-refractivity contribution in [2.24, 2.45) is 5.92 Å². The van der Waals surface area contributed by atoms with Gasteiger partial charge in [-0.25, -0.2) is 0 Å². The molecule has 0 aromatic heterocycles. The standard InChI is InChI=1S/C13H17BrO2/c1-16-13-5-3-10(8-12(13)14)6-9-2-4-11(15)7-9/h3,5,8-9,11,15H,2,4,6-7H2,1H3. The zero-order valence-corrected chi connectivity index (χ0v) is 11.0. The third kappa shape index (κ3) is 2.77. The number of hydrogen-bond donors (Lipinski definition) is 1. The Balaban J connectivity index is 2.02. The number of ether oxygens (including phenoxy) is 1. The zero-order chi connectivity index (χ0) is 11.5. The molecule has 3 heteroatoms. The largest absolute Gasteiger partial charge is 0.496 e. The summed E-state index contributed by atoms with van der Waals surface area (Å²) in [4.78, 5) is 0. The van der Waals surface area contributed by atoms with E-state index in [4.69, 9.17) is 4.74 Å². The average molecular weight is 285 g/mol. The summed E-state index contributed by atoms with van der Waals surface area (Å²) in [6.45, 7) is 0. The Labute approximate surface area is 105 Å². The molecule has 1 aliphatic rings. The van der Waals surface area contributed by atoms with Gasteiger partial charge in [-0.2, -0.15) is 0 Å².